The third-order valence-corrected chi connectivity index (χ3v) is 7.36. The lowest BCUT2D eigenvalue weighted by Crippen LogP contribution is -2.54. The number of nitrogens with zero attached hydrogens (tertiary/aromatic N) is 1. The average molecular weight is 470 g/mol. The lowest BCUT2D eigenvalue weighted by atomic mass is 9.65. The molecule has 8 heteroatoms. The van der Waals surface area contributed by atoms with E-state index in [9.17, 15) is 9.90 Å². The van der Waals surface area contributed by atoms with Crippen molar-refractivity contribution >= 4 is 23.4 Å². The standard InChI is InChI=1S/C25H31N3O4S/c1-31-20-9-8-18(14-21(20)32-2)25-11-10-19(15-22(25)28(13-12-25)24(29)30)27-23(33)26-16-17-6-4-3-5-7-17/h3-9,14,19,22H,10-13,15-16H2,1-2H3,(H,29,30)(H2,26,27,33)/t19-,22-,25-/m0/s1. The Balaban J connectivity index is 1.49. The number of methoxy groups -OCH3 is 2. The largest absolute Gasteiger partial charge is 0.493 e. The second-order valence-electron chi connectivity index (χ2n) is 8.75. The molecule has 1 aliphatic heterocycles. The monoisotopic (exact) mass is 469 g/mol. The van der Waals surface area contributed by atoms with Gasteiger partial charge in [0, 0.05) is 30.6 Å². The first-order chi connectivity index (χ1) is 16.0. The van der Waals surface area contributed by atoms with E-state index >= 15 is 0 Å². The maximum Gasteiger partial charge on any atom is 0.407 e. The van der Waals surface area contributed by atoms with Gasteiger partial charge in [-0.05, 0) is 61.2 Å². The van der Waals surface area contributed by atoms with Gasteiger partial charge < -0.3 is 30.1 Å². The zero-order valence-corrected chi connectivity index (χ0v) is 19.9. The van der Waals surface area contributed by atoms with Crippen molar-refractivity contribution in [3.63, 3.8) is 0 Å². The predicted molar refractivity (Wildman–Crippen MR) is 131 cm³/mol. The van der Waals surface area contributed by atoms with Crippen LogP contribution in [-0.2, 0) is 12.0 Å². The van der Waals surface area contributed by atoms with Gasteiger partial charge in [-0.15, -0.1) is 0 Å². The fourth-order valence-electron chi connectivity index (χ4n) is 5.41. The Bertz CT molecular complexity index is 1000. The summed E-state index contributed by atoms with van der Waals surface area (Å²) in [5.74, 6) is 1.34. The summed E-state index contributed by atoms with van der Waals surface area (Å²) in [4.78, 5) is 13.7. The molecule has 2 aromatic carbocycles. The second kappa shape index (κ2) is 9.87. The number of fused-ring (bicyclic) bond motifs is 1. The van der Waals surface area contributed by atoms with E-state index in [2.05, 4.69) is 28.8 Å². The smallest absolute Gasteiger partial charge is 0.407 e. The molecule has 0 radical (unpaired) electrons. The summed E-state index contributed by atoms with van der Waals surface area (Å²) in [7, 11) is 3.24. The van der Waals surface area contributed by atoms with Gasteiger partial charge in [0.1, 0.15) is 0 Å². The molecule has 176 valence electrons. The summed E-state index contributed by atoms with van der Waals surface area (Å²) in [6.45, 7) is 1.18. The van der Waals surface area contributed by atoms with E-state index < -0.39 is 6.09 Å². The molecule has 0 bridgehead atoms. The molecule has 7 nitrogen and oxygen atoms in total. The molecule has 1 aliphatic carbocycles. The highest BCUT2D eigenvalue weighted by Crippen LogP contribution is 2.50. The Morgan fingerprint density at radius 1 is 1.15 bits per heavy atom. The molecule has 2 aromatic rings. The number of benzene rings is 2. The maximum atomic E-state index is 12.1. The zero-order valence-electron chi connectivity index (χ0n) is 19.0. The van der Waals surface area contributed by atoms with Gasteiger partial charge in [0.2, 0.25) is 0 Å². The quantitative estimate of drug-likeness (QED) is 0.553. The Morgan fingerprint density at radius 2 is 1.91 bits per heavy atom. The Kier molecular flexibility index (Phi) is 6.93. The second-order valence-corrected chi connectivity index (χ2v) is 9.16. The first kappa shape index (κ1) is 23.2. The van der Waals surface area contributed by atoms with Crippen LogP contribution in [0, 0.1) is 0 Å². The molecule has 2 fully saturated rings. The van der Waals surface area contributed by atoms with Gasteiger partial charge in [-0.1, -0.05) is 36.4 Å². The molecule has 0 spiro atoms. The van der Waals surface area contributed by atoms with Gasteiger partial charge in [-0.3, -0.25) is 0 Å². The fraction of sp³-hybridized carbons (Fsp3) is 0.440. The molecule has 0 unspecified atom stereocenters. The van der Waals surface area contributed by atoms with Gasteiger partial charge in [0.25, 0.3) is 0 Å². The van der Waals surface area contributed by atoms with Gasteiger partial charge in [-0.2, -0.15) is 0 Å². The number of nitrogens with one attached hydrogen (secondary N) is 2. The van der Waals surface area contributed by atoms with Crippen molar-refractivity contribution in [3.05, 3.63) is 59.7 Å². The molecule has 3 atom stereocenters. The first-order valence-corrected chi connectivity index (χ1v) is 11.7. The van der Waals surface area contributed by atoms with Gasteiger partial charge in [-0.25, -0.2) is 4.79 Å². The number of thiocarbonyl (C=S) groups is 1. The highest BCUT2D eigenvalue weighted by atomic mass is 32.1. The molecule has 1 heterocycles. The van der Waals surface area contributed by atoms with Crippen LogP contribution in [0.25, 0.3) is 0 Å². The molecule has 3 N–H and O–H groups in total. The molecule has 1 saturated carbocycles. The molecule has 2 aliphatic rings. The van der Waals surface area contributed by atoms with Crippen LogP contribution in [0.3, 0.4) is 0 Å². The third-order valence-electron chi connectivity index (χ3n) is 7.09. The van der Waals surface area contributed by atoms with Crippen molar-refractivity contribution in [2.45, 2.75) is 49.7 Å². The van der Waals surface area contributed by atoms with Crippen LogP contribution < -0.4 is 20.1 Å². The molecular formula is C25H31N3O4S. The molecule has 4 rings (SSSR count). The van der Waals surface area contributed by atoms with E-state index in [0.717, 1.165) is 30.4 Å². The lowest BCUT2D eigenvalue weighted by molar-refractivity contribution is 0.109. The summed E-state index contributed by atoms with van der Waals surface area (Å²) in [6.07, 6.45) is 2.41. The molecule has 0 aromatic heterocycles. The maximum absolute atomic E-state index is 12.1. The number of hydrogen-bond acceptors (Lipinski definition) is 4. The van der Waals surface area contributed by atoms with Crippen LogP contribution in [0.2, 0.25) is 0 Å². The number of carboxylic acid groups (broad SMARTS) is 1. The number of amides is 1. The SMILES string of the molecule is COc1ccc([C@@]23CC[C@H](NC(=S)NCc4ccccc4)C[C@@H]2N(C(=O)O)CC3)cc1OC. The lowest BCUT2D eigenvalue weighted by Gasteiger charge is -2.45. The number of carbonyl (C=O) groups is 1. The Morgan fingerprint density at radius 3 is 2.61 bits per heavy atom. The number of likely N-dealkylation sites (tertiary alicyclic amines) is 1. The summed E-state index contributed by atoms with van der Waals surface area (Å²) in [5, 5.41) is 17.2. The van der Waals surface area contributed by atoms with E-state index in [1.807, 2.05) is 30.3 Å². The highest BCUT2D eigenvalue weighted by molar-refractivity contribution is 7.80. The van der Waals surface area contributed by atoms with E-state index in [0.29, 0.717) is 36.1 Å². The number of rotatable bonds is 6. The van der Waals surface area contributed by atoms with Crippen LogP contribution in [0.5, 0.6) is 11.5 Å². The van der Waals surface area contributed by atoms with Crippen molar-refractivity contribution < 1.29 is 19.4 Å². The fourth-order valence-corrected chi connectivity index (χ4v) is 5.64. The summed E-state index contributed by atoms with van der Waals surface area (Å²) in [6, 6.07) is 16.1. The molecular weight excluding hydrogens is 438 g/mol. The van der Waals surface area contributed by atoms with Crippen LogP contribution in [0.15, 0.2) is 48.5 Å². The Hall–Kier alpha value is -3.00. The summed E-state index contributed by atoms with van der Waals surface area (Å²) in [5.41, 5.74) is 2.03. The van der Waals surface area contributed by atoms with Gasteiger partial charge >= 0.3 is 6.09 Å². The van der Waals surface area contributed by atoms with Crippen molar-refractivity contribution in [3.8, 4) is 11.5 Å². The van der Waals surface area contributed by atoms with Crippen LogP contribution >= 0.6 is 12.2 Å². The minimum absolute atomic E-state index is 0.110. The van der Waals surface area contributed by atoms with Crippen molar-refractivity contribution in [1.82, 2.24) is 15.5 Å². The van der Waals surface area contributed by atoms with E-state index in [4.69, 9.17) is 21.7 Å². The summed E-state index contributed by atoms with van der Waals surface area (Å²) < 4.78 is 10.9. The van der Waals surface area contributed by atoms with Crippen LogP contribution in [0.1, 0.15) is 36.8 Å². The molecule has 33 heavy (non-hydrogen) atoms. The molecule has 1 saturated heterocycles. The minimum Gasteiger partial charge on any atom is -0.493 e. The topological polar surface area (TPSA) is 83.1 Å². The highest BCUT2D eigenvalue weighted by Gasteiger charge is 2.53. The number of hydrogen-bond donors (Lipinski definition) is 3. The van der Waals surface area contributed by atoms with Crippen LogP contribution in [-0.4, -0.2) is 54.1 Å². The van der Waals surface area contributed by atoms with E-state index in [1.165, 1.54) is 0 Å². The van der Waals surface area contributed by atoms with Crippen LogP contribution in [0.4, 0.5) is 4.79 Å². The summed E-state index contributed by atoms with van der Waals surface area (Å²) >= 11 is 5.53. The number of ether oxygens (including phenoxy) is 2. The van der Waals surface area contributed by atoms with Crippen molar-refractivity contribution in [2.75, 3.05) is 20.8 Å². The van der Waals surface area contributed by atoms with E-state index in [1.54, 1.807) is 19.1 Å². The third kappa shape index (κ3) is 4.71. The van der Waals surface area contributed by atoms with E-state index in [-0.39, 0.29) is 17.5 Å². The predicted octanol–water partition coefficient (Wildman–Crippen LogP) is 3.91. The molecule has 1 amide bonds. The van der Waals surface area contributed by atoms with Gasteiger partial charge in [0.15, 0.2) is 16.6 Å². The van der Waals surface area contributed by atoms with Gasteiger partial charge in [0.05, 0.1) is 14.2 Å². The van der Waals surface area contributed by atoms with Crippen molar-refractivity contribution in [1.29, 1.82) is 0 Å². The first-order valence-electron chi connectivity index (χ1n) is 11.3. The zero-order chi connectivity index (χ0) is 23.4. The van der Waals surface area contributed by atoms with Crippen molar-refractivity contribution in [2.24, 2.45) is 0 Å². The Labute approximate surface area is 200 Å². The minimum atomic E-state index is -0.868. The average Bonchev–Trinajstić information content (AvgIpc) is 3.23. The normalized spacial score (nSPS) is 24.0.